The van der Waals surface area contributed by atoms with E-state index in [0.29, 0.717) is 11.3 Å². The summed E-state index contributed by atoms with van der Waals surface area (Å²) in [4.78, 5) is 14.2. The number of anilines is 1. The van der Waals surface area contributed by atoms with E-state index in [4.69, 9.17) is 4.74 Å². The lowest BCUT2D eigenvalue weighted by atomic mass is 10.1. The van der Waals surface area contributed by atoms with Crippen LogP contribution in [0.25, 0.3) is 0 Å². The molecule has 0 aromatic heterocycles. The molecule has 2 N–H and O–H groups in total. The van der Waals surface area contributed by atoms with E-state index in [1.54, 1.807) is 37.3 Å². The van der Waals surface area contributed by atoms with Crippen molar-refractivity contribution in [3.63, 3.8) is 0 Å². The Kier molecular flexibility index (Phi) is 2.71. The second-order valence-electron chi connectivity index (χ2n) is 4.85. The lowest BCUT2D eigenvalue weighted by molar-refractivity contribution is 0.0480. The van der Waals surface area contributed by atoms with Crippen LogP contribution in [0.3, 0.4) is 0 Å². The van der Waals surface area contributed by atoms with Crippen molar-refractivity contribution in [3.8, 4) is 5.75 Å². The largest absolute Gasteiger partial charge is 0.505 e. The number of amides is 1. The molecule has 2 heterocycles. The van der Waals surface area contributed by atoms with Crippen molar-refractivity contribution >= 4 is 11.6 Å². The van der Waals surface area contributed by atoms with Crippen molar-refractivity contribution in [1.29, 1.82) is 0 Å². The minimum absolute atomic E-state index is 0.0791. The summed E-state index contributed by atoms with van der Waals surface area (Å²) in [6.07, 6.45) is 4.14. The molecule has 5 nitrogen and oxygen atoms in total. The zero-order valence-electron chi connectivity index (χ0n) is 10.9. The van der Waals surface area contributed by atoms with Crippen LogP contribution in [0.2, 0.25) is 0 Å². The van der Waals surface area contributed by atoms with Crippen LogP contribution in [0.15, 0.2) is 24.4 Å². The SMILES string of the molecule is COC1Nc2c(ccc(C)c2O)C(=O)N2C=CCC12. The Bertz CT molecular complexity index is 568. The first-order valence-corrected chi connectivity index (χ1v) is 6.24. The number of phenolic OH excluding ortho intramolecular Hbond substituents is 1. The molecule has 1 aromatic carbocycles. The number of nitrogens with zero attached hydrogens (tertiary/aromatic N) is 1. The second kappa shape index (κ2) is 4.28. The summed E-state index contributed by atoms with van der Waals surface area (Å²) in [6, 6.07) is 3.40. The highest BCUT2D eigenvalue weighted by molar-refractivity contribution is 6.02. The van der Waals surface area contributed by atoms with E-state index in [9.17, 15) is 9.90 Å². The van der Waals surface area contributed by atoms with Gasteiger partial charge in [-0.15, -0.1) is 0 Å². The maximum atomic E-state index is 12.5. The Labute approximate surface area is 111 Å². The molecule has 0 spiro atoms. The fourth-order valence-electron chi connectivity index (χ4n) is 2.64. The van der Waals surface area contributed by atoms with Gasteiger partial charge in [0.05, 0.1) is 17.3 Å². The smallest absolute Gasteiger partial charge is 0.260 e. The number of aromatic hydroxyl groups is 1. The van der Waals surface area contributed by atoms with E-state index in [1.165, 1.54) is 0 Å². The fraction of sp³-hybridized carbons (Fsp3) is 0.357. The molecule has 100 valence electrons. The van der Waals surface area contributed by atoms with Gasteiger partial charge in [0.1, 0.15) is 12.0 Å². The van der Waals surface area contributed by atoms with Gasteiger partial charge >= 0.3 is 0 Å². The summed E-state index contributed by atoms with van der Waals surface area (Å²) >= 11 is 0. The van der Waals surface area contributed by atoms with E-state index in [-0.39, 0.29) is 23.9 Å². The highest BCUT2D eigenvalue weighted by Crippen LogP contribution is 2.37. The van der Waals surface area contributed by atoms with Gasteiger partial charge in [0.2, 0.25) is 0 Å². The van der Waals surface area contributed by atoms with E-state index >= 15 is 0 Å². The Morgan fingerprint density at radius 3 is 3.00 bits per heavy atom. The number of phenols is 1. The molecule has 0 aliphatic carbocycles. The molecule has 0 saturated carbocycles. The third-order valence-corrected chi connectivity index (χ3v) is 3.74. The van der Waals surface area contributed by atoms with Crippen LogP contribution in [-0.4, -0.2) is 35.3 Å². The Morgan fingerprint density at radius 1 is 1.47 bits per heavy atom. The van der Waals surface area contributed by atoms with Gasteiger partial charge in [-0.1, -0.05) is 12.1 Å². The van der Waals surface area contributed by atoms with Gasteiger partial charge in [-0.05, 0) is 25.0 Å². The number of nitrogens with one attached hydrogen (secondary N) is 1. The summed E-state index contributed by atoms with van der Waals surface area (Å²) in [7, 11) is 1.59. The van der Waals surface area contributed by atoms with Crippen molar-refractivity contribution in [2.75, 3.05) is 12.4 Å². The quantitative estimate of drug-likeness (QED) is 0.756. The van der Waals surface area contributed by atoms with E-state index in [0.717, 1.165) is 12.0 Å². The lowest BCUT2D eigenvalue weighted by Gasteiger charge is -2.27. The second-order valence-corrected chi connectivity index (χ2v) is 4.85. The molecule has 0 saturated heterocycles. The Morgan fingerprint density at radius 2 is 2.26 bits per heavy atom. The first kappa shape index (κ1) is 12.0. The van der Waals surface area contributed by atoms with Gasteiger partial charge in [-0.2, -0.15) is 0 Å². The molecule has 0 radical (unpaired) electrons. The van der Waals surface area contributed by atoms with Crippen LogP contribution in [0.1, 0.15) is 22.3 Å². The molecule has 2 aliphatic rings. The molecule has 2 aliphatic heterocycles. The number of carbonyl (C=O) groups excluding carboxylic acids is 1. The molecule has 1 aromatic rings. The first-order valence-electron chi connectivity index (χ1n) is 6.24. The summed E-state index contributed by atoms with van der Waals surface area (Å²) in [6.45, 7) is 1.80. The minimum Gasteiger partial charge on any atom is -0.505 e. The monoisotopic (exact) mass is 260 g/mol. The van der Waals surface area contributed by atoms with Crippen molar-refractivity contribution in [2.24, 2.45) is 0 Å². The van der Waals surface area contributed by atoms with E-state index in [2.05, 4.69) is 5.32 Å². The van der Waals surface area contributed by atoms with Crippen LogP contribution in [-0.2, 0) is 4.74 Å². The number of fused-ring (bicyclic) bond motifs is 2. The van der Waals surface area contributed by atoms with Crippen LogP contribution < -0.4 is 5.32 Å². The zero-order chi connectivity index (χ0) is 13.6. The van der Waals surface area contributed by atoms with Gasteiger partial charge in [-0.25, -0.2) is 0 Å². The predicted molar refractivity (Wildman–Crippen MR) is 71.0 cm³/mol. The molecular weight excluding hydrogens is 244 g/mol. The van der Waals surface area contributed by atoms with Gasteiger partial charge in [0.25, 0.3) is 5.91 Å². The number of aryl methyl sites for hydroxylation is 1. The number of hydrogen-bond donors (Lipinski definition) is 2. The Hall–Kier alpha value is -2.01. The van der Waals surface area contributed by atoms with Gasteiger partial charge in [-0.3, -0.25) is 4.79 Å². The maximum Gasteiger partial charge on any atom is 0.260 e. The number of carbonyl (C=O) groups is 1. The Balaban J connectivity index is 2.15. The van der Waals surface area contributed by atoms with Gasteiger partial charge < -0.3 is 20.1 Å². The molecule has 3 rings (SSSR count). The molecule has 0 bridgehead atoms. The van der Waals surface area contributed by atoms with Crippen molar-refractivity contribution in [3.05, 3.63) is 35.5 Å². The molecule has 19 heavy (non-hydrogen) atoms. The van der Waals surface area contributed by atoms with Crippen LogP contribution in [0.4, 0.5) is 5.69 Å². The average Bonchev–Trinajstić information content (AvgIpc) is 2.85. The number of methoxy groups -OCH3 is 1. The molecule has 1 amide bonds. The third kappa shape index (κ3) is 1.69. The minimum atomic E-state index is -0.340. The third-order valence-electron chi connectivity index (χ3n) is 3.74. The number of benzene rings is 1. The highest BCUT2D eigenvalue weighted by Gasteiger charge is 2.38. The summed E-state index contributed by atoms with van der Waals surface area (Å²) in [5.41, 5.74) is 1.66. The normalized spacial score (nSPS) is 24.7. The average molecular weight is 260 g/mol. The van der Waals surface area contributed by atoms with Crippen LogP contribution in [0, 0.1) is 6.92 Å². The molecule has 0 fully saturated rings. The van der Waals surface area contributed by atoms with Crippen LogP contribution in [0.5, 0.6) is 5.75 Å². The highest BCUT2D eigenvalue weighted by atomic mass is 16.5. The van der Waals surface area contributed by atoms with Gasteiger partial charge in [0, 0.05) is 13.3 Å². The first-order chi connectivity index (χ1) is 9.13. The van der Waals surface area contributed by atoms with Crippen molar-refractivity contribution in [2.45, 2.75) is 25.6 Å². The summed E-state index contributed by atoms with van der Waals surface area (Å²) in [5, 5.41) is 13.3. The van der Waals surface area contributed by atoms with Crippen LogP contribution >= 0.6 is 0 Å². The lowest BCUT2D eigenvalue weighted by Crippen LogP contribution is -2.43. The molecular formula is C14H16N2O3. The number of rotatable bonds is 1. The number of hydrogen-bond acceptors (Lipinski definition) is 4. The molecule has 2 unspecified atom stereocenters. The van der Waals surface area contributed by atoms with E-state index < -0.39 is 0 Å². The van der Waals surface area contributed by atoms with Gasteiger partial charge in [0.15, 0.2) is 0 Å². The fourth-order valence-corrected chi connectivity index (χ4v) is 2.64. The summed E-state index contributed by atoms with van der Waals surface area (Å²) < 4.78 is 5.43. The van der Waals surface area contributed by atoms with Crippen molar-refractivity contribution in [1.82, 2.24) is 4.90 Å². The predicted octanol–water partition coefficient (Wildman–Crippen LogP) is 1.83. The summed E-state index contributed by atoms with van der Waals surface area (Å²) in [5.74, 6) is -0.00541. The zero-order valence-corrected chi connectivity index (χ0v) is 10.9. The standard InChI is InChI=1S/C14H16N2O3/c1-8-5-6-9-11(12(8)17)15-13(19-2)10-4-3-7-16(10)14(9)18/h3,5-7,10,13,15,17H,4H2,1-2H3. The van der Waals surface area contributed by atoms with Crippen molar-refractivity contribution < 1.29 is 14.6 Å². The molecule has 5 heteroatoms. The van der Waals surface area contributed by atoms with E-state index in [1.807, 2.05) is 6.08 Å². The molecule has 2 atom stereocenters. The topological polar surface area (TPSA) is 61.8 Å². The number of ether oxygens (including phenoxy) is 1. The maximum absolute atomic E-state index is 12.5.